The van der Waals surface area contributed by atoms with Gasteiger partial charge in [0.25, 0.3) is 0 Å². The van der Waals surface area contributed by atoms with Crippen LogP contribution in [0.1, 0.15) is 12.8 Å². The van der Waals surface area contributed by atoms with E-state index in [-0.39, 0.29) is 6.61 Å². The van der Waals surface area contributed by atoms with Crippen LogP contribution >= 0.6 is 0 Å². The first-order valence-corrected chi connectivity index (χ1v) is 5.74. The first-order chi connectivity index (χ1) is 7.90. The Kier molecular flexibility index (Phi) is 3.78. The van der Waals surface area contributed by atoms with Gasteiger partial charge in [0.2, 0.25) is 0 Å². The molecule has 0 bridgehead atoms. The number of anilines is 1. The molecule has 0 atom stereocenters. The predicted molar refractivity (Wildman–Crippen MR) is 68.8 cm³/mol. The molecule has 0 radical (unpaired) electrons. The summed E-state index contributed by atoms with van der Waals surface area (Å²) in [4.78, 5) is 0. The second-order valence-corrected chi connectivity index (χ2v) is 3.92. The van der Waals surface area contributed by atoms with E-state index in [1.165, 1.54) is 10.8 Å². The summed E-state index contributed by atoms with van der Waals surface area (Å²) in [5.41, 5.74) is 1.15. The maximum Gasteiger partial charge on any atom is 0.0431 e. The van der Waals surface area contributed by atoms with Crippen molar-refractivity contribution in [2.45, 2.75) is 12.8 Å². The minimum atomic E-state index is 0.277. The highest BCUT2D eigenvalue weighted by Crippen LogP contribution is 2.18. The lowest BCUT2D eigenvalue weighted by molar-refractivity contribution is 0.286. The fourth-order valence-electron chi connectivity index (χ4n) is 1.77. The van der Waals surface area contributed by atoms with Gasteiger partial charge in [-0.1, -0.05) is 30.3 Å². The number of hydrogen-bond donors (Lipinski definition) is 2. The quantitative estimate of drug-likeness (QED) is 0.751. The van der Waals surface area contributed by atoms with Crippen molar-refractivity contribution in [2.75, 3.05) is 18.5 Å². The third-order valence-electron chi connectivity index (χ3n) is 2.66. The fraction of sp³-hybridized carbons (Fsp3) is 0.286. The van der Waals surface area contributed by atoms with Gasteiger partial charge in [-0.05, 0) is 35.7 Å². The number of nitrogens with one attached hydrogen (secondary N) is 1. The average molecular weight is 215 g/mol. The van der Waals surface area contributed by atoms with E-state index in [0.717, 1.165) is 25.1 Å². The van der Waals surface area contributed by atoms with E-state index >= 15 is 0 Å². The molecule has 84 valence electrons. The van der Waals surface area contributed by atoms with Crippen LogP contribution in [0.3, 0.4) is 0 Å². The van der Waals surface area contributed by atoms with Crippen LogP contribution in [0.5, 0.6) is 0 Å². The second-order valence-electron chi connectivity index (χ2n) is 3.92. The standard InChI is InChI=1S/C14H17NO/c16-10-4-3-9-15-14-8-7-12-5-1-2-6-13(12)11-14/h1-2,5-8,11,15-16H,3-4,9-10H2. The number of benzene rings is 2. The molecule has 16 heavy (non-hydrogen) atoms. The van der Waals surface area contributed by atoms with Gasteiger partial charge < -0.3 is 10.4 Å². The van der Waals surface area contributed by atoms with Gasteiger partial charge in [-0.15, -0.1) is 0 Å². The van der Waals surface area contributed by atoms with Gasteiger partial charge in [-0.25, -0.2) is 0 Å². The number of rotatable bonds is 5. The van der Waals surface area contributed by atoms with Gasteiger partial charge in [-0.3, -0.25) is 0 Å². The summed E-state index contributed by atoms with van der Waals surface area (Å²) in [5, 5.41) is 14.6. The lowest BCUT2D eigenvalue weighted by Crippen LogP contribution is -2.01. The van der Waals surface area contributed by atoms with Crippen LogP contribution < -0.4 is 5.32 Å². The summed E-state index contributed by atoms with van der Waals surface area (Å²) in [6.07, 6.45) is 1.86. The van der Waals surface area contributed by atoms with Crippen molar-refractivity contribution in [2.24, 2.45) is 0 Å². The molecule has 0 spiro atoms. The molecule has 0 saturated carbocycles. The van der Waals surface area contributed by atoms with Crippen LogP contribution in [-0.4, -0.2) is 18.3 Å². The maximum atomic E-state index is 8.68. The SMILES string of the molecule is OCCCCNc1ccc2ccccc2c1. The molecule has 2 nitrogen and oxygen atoms in total. The molecular formula is C14H17NO. The largest absolute Gasteiger partial charge is 0.396 e. The fourth-order valence-corrected chi connectivity index (χ4v) is 1.77. The number of unbranched alkanes of at least 4 members (excludes halogenated alkanes) is 1. The van der Waals surface area contributed by atoms with Gasteiger partial charge in [-0.2, -0.15) is 0 Å². The van der Waals surface area contributed by atoms with Crippen LogP contribution in [0, 0.1) is 0 Å². The Morgan fingerprint density at radius 1 is 0.938 bits per heavy atom. The first kappa shape index (κ1) is 11.0. The summed E-state index contributed by atoms with van der Waals surface area (Å²) in [6.45, 7) is 1.19. The molecule has 0 fully saturated rings. The minimum Gasteiger partial charge on any atom is -0.396 e. The monoisotopic (exact) mass is 215 g/mol. The van der Waals surface area contributed by atoms with Crippen LogP contribution in [-0.2, 0) is 0 Å². The number of aliphatic hydroxyl groups is 1. The Bertz CT molecular complexity index is 453. The van der Waals surface area contributed by atoms with E-state index in [1.807, 2.05) is 0 Å². The minimum absolute atomic E-state index is 0.277. The molecule has 2 aromatic rings. The average Bonchev–Trinajstić information content (AvgIpc) is 2.34. The van der Waals surface area contributed by atoms with Crippen molar-refractivity contribution in [1.29, 1.82) is 0 Å². The Morgan fingerprint density at radius 3 is 2.56 bits per heavy atom. The van der Waals surface area contributed by atoms with Crippen molar-refractivity contribution in [3.63, 3.8) is 0 Å². The molecule has 0 aliphatic carbocycles. The third-order valence-corrected chi connectivity index (χ3v) is 2.66. The van der Waals surface area contributed by atoms with E-state index in [9.17, 15) is 0 Å². The van der Waals surface area contributed by atoms with Crippen molar-refractivity contribution >= 4 is 16.5 Å². The molecule has 2 rings (SSSR count). The Morgan fingerprint density at radius 2 is 1.75 bits per heavy atom. The van der Waals surface area contributed by atoms with Gasteiger partial charge in [0.1, 0.15) is 0 Å². The molecular weight excluding hydrogens is 198 g/mol. The lowest BCUT2D eigenvalue weighted by Gasteiger charge is -2.06. The second kappa shape index (κ2) is 5.52. The Hall–Kier alpha value is -1.54. The predicted octanol–water partition coefficient (Wildman–Crippen LogP) is 3.02. The lowest BCUT2D eigenvalue weighted by atomic mass is 10.1. The topological polar surface area (TPSA) is 32.3 Å². The van der Waals surface area contributed by atoms with Crippen molar-refractivity contribution < 1.29 is 5.11 Å². The summed E-state index contributed by atoms with van der Waals surface area (Å²) >= 11 is 0. The summed E-state index contributed by atoms with van der Waals surface area (Å²) < 4.78 is 0. The summed E-state index contributed by atoms with van der Waals surface area (Å²) in [6, 6.07) is 14.7. The highest BCUT2D eigenvalue weighted by Gasteiger charge is 1.95. The molecule has 2 N–H and O–H groups in total. The van der Waals surface area contributed by atoms with Crippen LogP contribution in [0.15, 0.2) is 42.5 Å². The van der Waals surface area contributed by atoms with Crippen LogP contribution in [0.2, 0.25) is 0 Å². The molecule has 2 heteroatoms. The maximum absolute atomic E-state index is 8.68. The third kappa shape index (κ3) is 2.74. The number of hydrogen-bond acceptors (Lipinski definition) is 2. The normalized spacial score (nSPS) is 10.6. The van der Waals surface area contributed by atoms with Gasteiger partial charge in [0.05, 0.1) is 0 Å². The van der Waals surface area contributed by atoms with Crippen molar-refractivity contribution in [3.05, 3.63) is 42.5 Å². The summed E-state index contributed by atoms with van der Waals surface area (Å²) in [5.74, 6) is 0. The van der Waals surface area contributed by atoms with E-state index in [0.29, 0.717) is 0 Å². The molecule has 0 aliphatic rings. The van der Waals surface area contributed by atoms with E-state index in [2.05, 4.69) is 47.8 Å². The van der Waals surface area contributed by atoms with Crippen LogP contribution in [0.25, 0.3) is 10.8 Å². The highest BCUT2D eigenvalue weighted by molar-refractivity contribution is 5.85. The van der Waals surface area contributed by atoms with Gasteiger partial charge >= 0.3 is 0 Å². The Labute approximate surface area is 95.9 Å². The van der Waals surface area contributed by atoms with E-state index in [4.69, 9.17) is 5.11 Å². The zero-order chi connectivity index (χ0) is 11.2. The molecule has 0 saturated heterocycles. The van der Waals surface area contributed by atoms with E-state index < -0.39 is 0 Å². The number of fused-ring (bicyclic) bond motifs is 1. The molecule has 0 aliphatic heterocycles. The van der Waals surface area contributed by atoms with Crippen molar-refractivity contribution in [1.82, 2.24) is 0 Å². The molecule has 0 aromatic heterocycles. The smallest absolute Gasteiger partial charge is 0.0431 e. The number of aliphatic hydroxyl groups excluding tert-OH is 1. The van der Waals surface area contributed by atoms with Crippen molar-refractivity contribution in [3.8, 4) is 0 Å². The molecule has 0 unspecified atom stereocenters. The summed E-state index contributed by atoms with van der Waals surface area (Å²) in [7, 11) is 0. The molecule has 2 aromatic carbocycles. The van der Waals surface area contributed by atoms with E-state index in [1.54, 1.807) is 0 Å². The molecule has 0 heterocycles. The van der Waals surface area contributed by atoms with Gasteiger partial charge in [0.15, 0.2) is 0 Å². The first-order valence-electron chi connectivity index (χ1n) is 5.74. The Balaban J connectivity index is 2.02. The van der Waals surface area contributed by atoms with Gasteiger partial charge in [0, 0.05) is 18.8 Å². The zero-order valence-corrected chi connectivity index (χ0v) is 9.32. The highest BCUT2D eigenvalue weighted by atomic mass is 16.2. The molecule has 0 amide bonds. The zero-order valence-electron chi connectivity index (χ0n) is 9.32. The van der Waals surface area contributed by atoms with Crippen LogP contribution in [0.4, 0.5) is 5.69 Å².